The normalized spacial score (nSPS) is 14.6. The third kappa shape index (κ3) is 4.79. The molecule has 1 aromatic heterocycles. The Labute approximate surface area is 179 Å². The van der Waals surface area contributed by atoms with Crippen LogP contribution in [-0.4, -0.2) is 28.9 Å². The summed E-state index contributed by atoms with van der Waals surface area (Å²) in [4.78, 5) is 19.6. The van der Waals surface area contributed by atoms with Crippen LogP contribution in [0, 0.1) is 13.8 Å². The van der Waals surface area contributed by atoms with Gasteiger partial charge < -0.3 is 4.90 Å². The lowest BCUT2D eigenvalue weighted by Crippen LogP contribution is -2.32. The number of likely N-dealkylation sites (tertiary alicyclic amines) is 1. The molecule has 0 saturated carbocycles. The van der Waals surface area contributed by atoms with Gasteiger partial charge in [-0.1, -0.05) is 66.1 Å². The highest BCUT2D eigenvalue weighted by molar-refractivity contribution is 5.76. The van der Waals surface area contributed by atoms with Crippen molar-refractivity contribution in [2.75, 3.05) is 13.1 Å². The van der Waals surface area contributed by atoms with Crippen LogP contribution < -0.4 is 0 Å². The monoisotopic (exact) mass is 398 g/mol. The van der Waals surface area contributed by atoms with Gasteiger partial charge in [-0.2, -0.15) is 0 Å². The van der Waals surface area contributed by atoms with Crippen LogP contribution in [0.4, 0.5) is 0 Å². The first-order valence-corrected chi connectivity index (χ1v) is 11.0. The lowest BCUT2D eigenvalue weighted by atomic mass is 9.98. The summed E-state index contributed by atoms with van der Waals surface area (Å²) in [6, 6.07) is 21.4. The van der Waals surface area contributed by atoms with Gasteiger partial charge in [0.25, 0.3) is 0 Å². The van der Waals surface area contributed by atoms with Gasteiger partial charge in [0.15, 0.2) is 0 Å². The van der Waals surface area contributed by atoms with E-state index in [4.69, 9.17) is 4.98 Å². The maximum atomic E-state index is 12.5. The molecule has 3 aromatic rings. The third-order valence-electron chi connectivity index (χ3n) is 5.91. The molecule has 0 bridgehead atoms. The van der Waals surface area contributed by atoms with E-state index in [1.165, 1.54) is 16.7 Å². The zero-order valence-corrected chi connectivity index (χ0v) is 18.0. The van der Waals surface area contributed by atoms with Crippen molar-refractivity contribution in [1.82, 2.24) is 9.88 Å². The average molecular weight is 399 g/mol. The molecule has 3 nitrogen and oxygen atoms in total. The summed E-state index contributed by atoms with van der Waals surface area (Å²) >= 11 is 0. The summed E-state index contributed by atoms with van der Waals surface area (Å²) in [5.41, 5.74) is 8.02. The van der Waals surface area contributed by atoms with Crippen LogP contribution in [-0.2, 0) is 11.2 Å². The van der Waals surface area contributed by atoms with Crippen LogP contribution in [0.5, 0.6) is 0 Å². The molecule has 154 valence electrons. The molecule has 2 aromatic carbocycles. The molecule has 0 unspecified atom stereocenters. The molecule has 1 saturated heterocycles. The SMILES string of the molecule is Cc1cccc(-c2ccc(-c3cccc(C)c3)c(CCN3CCCCCC3=O)n2)c1. The molecule has 2 heterocycles. The van der Waals surface area contributed by atoms with Gasteiger partial charge >= 0.3 is 0 Å². The van der Waals surface area contributed by atoms with Crippen molar-refractivity contribution in [3.8, 4) is 22.4 Å². The molecule has 0 aliphatic carbocycles. The fraction of sp³-hybridized carbons (Fsp3) is 0.333. The highest BCUT2D eigenvalue weighted by Gasteiger charge is 2.18. The van der Waals surface area contributed by atoms with Gasteiger partial charge in [-0.15, -0.1) is 0 Å². The van der Waals surface area contributed by atoms with Crippen molar-refractivity contribution in [3.05, 3.63) is 77.5 Å². The molecular formula is C27H30N2O. The van der Waals surface area contributed by atoms with E-state index in [1.807, 2.05) is 4.90 Å². The van der Waals surface area contributed by atoms with Gasteiger partial charge in [-0.25, -0.2) is 0 Å². The second-order valence-electron chi connectivity index (χ2n) is 8.37. The van der Waals surface area contributed by atoms with Crippen LogP contribution >= 0.6 is 0 Å². The Morgan fingerprint density at radius 2 is 1.60 bits per heavy atom. The number of carbonyl (C=O) groups excluding carboxylic acids is 1. The predicted molar refractivity (Wildman–Crippen MR) is 123 cm³/mol. The number of carbonyl (C=O) groups is 1. The minimum atomic E-state index is 0.291. The maximum Gasteiger partial charge on any atom is 0.222 e. The largest absolute Gasteiger partial charge is 0.342 e. The number of hydrogen-bond donors (Lipinski definition) is 0. The zero-order valence-electron chi connectivity index (χ0n) is 18.0. The second kappa shape index (κ2) is 9.25. The number of aromatic nitrogens is 1. The van der Waals surface area contributed by atoms with Gasteiger partial charge in [-0.05, 0) is 44.4 Å². The van der Waals surface area contributed by atoms with E-state index in [0.717, 1.165) is 61.3 Å². The minimum Gasteiger partial charge on any atom is -0.342 e. The summed E-state index contributed by atoms with van der Waals surface area (Å²) in [5.74, 6) is 0.291. The van der Waals surface area contributed by atoms with Crippen molar-refractivity contribution in [1.29, 1.82) is 0 Å². The molecule has 1 aliphatic rings. The van der Waals surface area contributed by atoms with Gasteiger partial charge in [0, 0.05) is 37.1 Å². The Morgan fingerprint density at radius 3 is 2.37 bits per heavy atom. The molecule has 30 heavy (non-hydrogen) atoms. The zero-order chi connectivity index (χ0) is 20.9. The molecule has 1 aliphatic heterocycles. The van der Waals surface area contributed by atoms with Crippen molar-refractivity contribution >= 4 is 5.91 Å². The van der Waals surface area contributed by atoms with Crippen LogP contribution in [0.3, 0.4) is 0 Å². The van der Waals surface area contributed by atoms with Crippen LogP contribution in [0.25, 0.3) is 22.4 Å². The van der Waals surface area contributed by atoms with E-state index >= 15 is 0 Å². The Hall–Kier alpha value is -2.94. The topological polar surface area (TPSA) is 33.2 Å². The number of aryl methyl sites for hydroxylation is 2. The van der Waals surface area contributed by atoms with Crippen LogP contribution in [0.15, 0.2) is 60.7 Å². The van der Waals surface area contributed by atoms with Crippen LogP contribution in [0.1, 0.15) is 42.5 Å². The average Bonchev–Trinajstić information content (AvgIpc) is 2.96. The summed E-state index contributed by atoms with van der Waals surface area (Å²) in [6.07, 6.45) is 4.73. The van der Waals surface area contributed by atoms with E-state index in [2.05, 4.69) is 74.5 Å². The summed E-state index contributed by atoms with van der Waals surface area (Å²) in [7, 11) is 0. The van der Waals surface area contributed by atoms with E-state index < -0.39 is 0 Å². The Bertz CT molecular complexity index is 1040. The smallest absolute Gasteiger partial charge is 0.222 e. The fourth-order valence-corrected chi connectivity index (χ4v) is 4.25. The van der Waals surface area contributed by atoms with Gasteiger partial charge in [0.2, 0.25) is 5.91 Å². The van der Waals surface area contributed by atoms with E-state index in [0.29, 0.717) is 12.3 Å². The lowest BCUT2D eigenvalue weighted by Gasteiger charge is -2.21. The predicted octanol–water partition coefficient (Wildman–Crippen LogP) is 5.98. The molecule has 0 N–H and O–H groups in total. The van der Waals surface area contributed by atoms with Gasteiger partial charge in [-0.3, -0.25) is 9.78 Å². The van der Waals surface area contributed by atoms with Crippen LogP contribution in [0.2, 0.25) is 0 Å². The summed E-state index contributed by atoms with van der Waals surface area (Å²) in [6.45, 7) is 5.84. The first-order valence-electron chi connectivity index (χ1n) is 11.0. The van der Waals surface area contributed by atoms with E-state index in [9.17, 15) is 4.79 Å². The molecule has 1 fully saturated rings. The van der Waals surface area contributed by atoms with Crippen molar-refractivity contribution < 1.29 is 4.79 Å². The molecule has 0 spiro atoms. The Balaban J connectivity index is 1.68. The van der Waals surface area contributed by atoms with E-state index in [-0.39, 0.29) is 0 Å². The molecule has 4 rings (SSSR count). The van der Waals surface area contributed by atoms with Gasteiger partial charge in [0.1, 0.15) is 0 Å². The molecular weight excluding hydrogens is 368 g/mol. The number of rotatable bonds is 5. The van der Waals surface area contributed by atoms with Crippen molar-refractivity contribution in [2.24, 2.45) is 0 Å². The first-order chi connectivity index (χ1) is 14.6. The third-order valence-corrected chi connectivity index (χ3v) is 5.91. The number of amides is 1. The van der Waals surface area contributed by atoms with Crippen molar-refractivity contribution in [2.45, 2.75) is 46.0 Å². The Kier molecular flexibility index (Phi) is 6.27. The quantitative estimate of drug-likeness (QED) is 0.530. The molecule has 3 heteroatoms. The molecule has 1 amide bonds. The fourth-order valence-electron chi connectivity index (χ4n) is 4.25. The minimum absolute atomic E-state index is 0.291. The number of pyridine rings is 1. The first kappa shape index (κ1) is 20.3. The van der Waals surface area contributed by atoms with Gasteiger partial charge in [0.05, 0.1) is 11.4 Å². The van der Waals surface area contributed by atoms with E-state index in [1.54, 1.807) is 0 Å². The maximum absolute atomic E-state index is 12.5. The summed E-state index contributed by atoms with van der Waals surface area (Å²) < 4.78 is 0. The summed E-state index contributed by atoms with van der Waals surface area (Å²) in [5, 5.41) is 0. The lowest BCUT2D eigenvalue weighted by molar-refractivity contribution is -0.130. The molecule has 0 radical (unpaired) electrons. The highest BCUT2D eigenvalue weighted by Crippen LogP contribution is 2.28. The standard InChI is InChI=1S/C27H30N2O/c1-20-8-6-10-22(18-20)24-13-14-25(23-11-7-9-21(2)19-23)28-26(24)15-17-29-16-5-3-4-12-27(29)30/h6-11,13-14,18-19H,3-5,12,15-17H2,1-2H3. The highest BCUT2D eigenvalue weighted by atomic mass is 16.2. The van der Waals surface area contributed by atoms with Crippen molar-refractivity contribution in [3.63, 3.8) is 0 Å². The number of benzene rings is 2. The number of nitrogens with zero attached hydrogens (tertiary/aromatic N) is 2. The Morgan fingerprint density at radius 1 is 0.867 bits per heavy atom. The molecule has 0 atom stereocenters. The second-order valence-corrected chi connectivity index (χ2v) is 8.37. The number of hydrogen-bond acceptors (Lipinski definition) is 2.